The van der Waals surface area contributed by atoms with Crippen molar-refractivity contribution in [3.8, 4) is 5.69 Å². The Morgan fingerprint density at radius 1 is 0.848 bits per heavy atom. The molecule has 7 heteroatoms. The fourth-order valence-corrected chi connectivity index (χ4v) is 3.41. The zero-order valence-electron chi connectivity index (χ0n) is 18.2. The van der Waals surface area contributed by atoms with E-state index in [9.17, 15) is 14.4 Å². The van der Waals surface area contributed by atoms with Crippen LogP contribution in [0.3, 0.4) is 0 Å². The average Bonchev–Trinajstić information content (AvgIpc) is 3.32. The van der Waals surface area contributed by atoms with E-state index >= 15 is 0 Å². The number of carbonyl (C=O) groups excluding carboxylic acids is 3. The topological polar surface area (TPSA) is 107 Å². The average molecular weight is 438 g/mol. The predicted octanol–water partition coefficient (Wildman–Crippen LogP) is 4.07. The van der Waals surface area contributed by atoms with E-state index in [4.69, 9.17) is 5.73 Å². The van der Waals surface area contributed by atoms with E-state index in [0.29, 0.717) is 28.1 Å². The minimum absolute atomic E-state index is 0.164. The number of primary amides is 1. The maximum atomic E-state index is 13.1. The quantitative estimate of drug-likeness (QED) is 0.443. The SMILES string of the molecule is Cc1ccc(C(=O)c2ccccc2C(=O)Nc2ccc(-n3ccc(C(N)=O)n3)cc2)cc1C. The Bertz CT molecular complexity index is 1370. The number of hydrogen-bond donors (Lipinski definition) is 2. The first-order chi connectivity index (χ1) is 15.8. The van der Waals surface area contributed by atoms with Crippen LogP contribution in [0.4, 0.5) is 5.69 Å². The minimum atomic E-state index is -0.605. The second kappa shape index (κ2) is 8.92. The van der Waals surface area contributed by atoms with Gasteiger partial charge in [0.15, 0.2) is 5.78 Å². The third-order valence-electron chi connectivity index (χ3n) is 5.42. The Kier molecular flexibility index (Phi) is 5.87. The lowest BCUT2D eigenvalue weighted by atomic mass is 9.95. The van der Waals surface area contributed by atoms with E-state index in [1.807, 2.05) is 26.0 Å². The number of hydrogen-bond acceptors (Lipinski definition) is 4. The fraction of sp³-hybridized carbons (Fsp3) is 0.0769. The molecule has 0 spiro atoms. The molecule has 4 aromatic rings. The standard InChI is InChI=1S/C26H22N4O3/c1-16-7-8-18(15-17(16)2)24(31)21-5-3-4-6-22(21)26(33)28-19-9-11-20(12-10-19)30-14-13-23(29-30)25(27)32/h3-15H,1-2H3,(H2,27,32)(H,28,33). The van der Waals surface area contributed by atoms with Crippen molar-refractivity contribution in [3.63, 3.8) is 0 Å². The number of nitrogens with one attached hydrogen (secondary N) is 1. The van der Waals surface area contributed by atoms with Gasteiger partial charge in [-0.3, -0.25) is 14.4 Å². The van der Waals surface area contributed by atoms with Gasteiger partial charge in [0.1, 0.15) is 5.69 Å². The summed E-state index contributed by atoms with van der Waals surface area (Å²) in [5.74, 6) is -1.19. The maximum absolute atomic E-state index is 13.1. The maximum Gasteiger partial charge on any atom is 0.269 e. The summed E-state index contributed by atoms with van der Waals surface area (Å²) in [6.07, 6.45) is 1.63. The third-order valence-corrected chi connectivity index (χ3v) is 5.42. The molecule has 1 heterocycles. The Morgan fingerprint density at radius 3 is 2.18 bits per heavy atom. The Labute approximate surface area is 190 Å². The number of benzene rings is 3. The lowest BCUT2D eigenvalue weighted by Gasteiger charge is -2.11. The van der Waals surface area contributed by atoms with Crippen LogP contribution in [0.2, 0.25) is 0 Å². The number of nitrogens with two attached hydrogens (primary N) is 1. The third kappa shape index (κ3) is 4.57. The molecule has 0 unspecified atom stereocenters. The van der Waals surface area contributed by atoms with Crippen molar-refractivity contribution in [2.75, 3.05) is 5.32 Å². The molecular formula is C26H22N4O3. The van der Waals surface area contributed by atoms with E-state index in [2.05, 4.69) is 10.4 Å². The number of rotatable bonds is 6. The van der Waals surface area contributed by atoms with Gasteiger partial charge in [0.05, 0.1) is 11.3 Å². The molecule has 164 valence electrons. The Hall–Kier alpha value is -4.52. The summed E-state index contributed by atoms with van der Waals surface area (Å²) in [5.41, 5.74) is 9.94. The highest BCUT2D eigenvalue weighted by atomic mass is 16.2. The first-order valence-corrected chi connectivity index (χ1v) is 10.3. The molecule has 0 saturated heterocycles. The van der Waals surface area contributed by atoms with Gasteiger partial charge < -0.3 is 11.1 Å². The van der Waals surface area contributed by atoms with Crippen molar-refractivity contribution < 1.29 is 14.4 Å². The van der Waals surface area contributed by atoms with Gasteiger partial charge in [0.2, 0.25) is 0 Å². The summed E-state index contributed by atoms with van der Waals surface area (Å²) in [6.45, 7) is 3.94. The van der Waals surface area contributed by atoms with Crippen molar-refractivity contribution in [2.45, 2.75) is 13.8 Å². The van der Waals surface area contributed by atoms with Crippen molar-refractivity contribution in [3.05, 3.63) is 113 Å². The van der Waals surface area contributed by atoms with E-state index in [1.165, 1.54) is 10.7 Å². The number of amides is 2. The normalized spacial score (nSPS) is 10.6. The molecule has 0 bridgehead atoms. The summed E-state index contributed by atoms with van der Waals surface area (Å²) < 4.78 is 1.52. The molecule has 3 N–H and O–H groups in total. The van der Waals surface area contributed by atoms with Gasteiger partial charge in [0, 0.05) is 23.0 Å². The summed E-state index contributed by atoms with van der Waals surface area (Å²) >= 11 is 0. The van der Waals surface area contributed by atoms with E-state index in [0.717, 1.165) is 11.1 Å². The molecular weight excluding hydrogens is 416 g/mol. The van der Waals surface area contributed by atoms with Crippen LogP contribution in [0.25, 0.3) is 5.69 Å². The summed E-state index contributed by atoms with van der Waals surface area (Å²) in [4.78, 5) is 37.3. The molecule has 7 nitrogen and oxygen atoms in total. The van der Waals surface area contributed by atoms with Crippen LogP contribution in [-0.4, -0.2) is 27.4 Å². The number of aryl methyl sites for hydroxylation is 2. The van der Waals surface area contributed by atoms with Crippen LogP contribution < -0.4 is 11.1 Å². The molecule has 0 saturated carbocycles. The lowest BCUT2D eigenvalue weighted by Crippen LogP contribution is -2.17. The van der Waals surface area contributed by atoms with Crippen molar-refractivity contribution in [1.82, 2.24) is 9.78 Å². The van der Waals surface area contributed by atoms with E-state index in [-0.39, 0.29) is 17.4 Å². The van der Waals surface area contributed by atoms with Crippen LogP contribution in [0.15, 0.2) is 79.0 Å². The highest BCUT2D eigenvalue weighted by Gasteiger charge is 2.18. The van der Waals surface area contributed by atoms with Crippen molar-refractivity contribution >= 4 is 23.3 Å². The van der Waals surface area contributed by atoms with Gasteiger partial charge in [-0.15, -0.1) is 0 Å². The van der Waals surface area contributed by atoms with Crippen molar-refractivity contribution in [1.29, 1.82) is 0 Å². The Balaban J connectivity index is 1.55. The van der Waals surface area contributed by atoms with Crippen LogP contribution in [0.1, 0.15) is 47.9 Å². The van der Waals surface area contributed by atoms with Gasteiger partial charge in [0.25, 0.3) is 11.8 Å². The number of aromatic nitrogens is 2. The number of carbonyl (C=O) groups is 3. The highest BCUT2D eigenvalue weighted by Crippen LogP contribution is 2.20. The van der Waals surface area contributed by atoms with Crippen LogP contribution in [-0.2, 0) is 0 Å². The smallest absolute Gasteiger partial charge is 0.269 e. The first-order valence-electron chi connectivity index (χ1n) is 10.3. The number of anilines is 1. The Morgan fingerprint density at radius 2 is 1.55 bits per heavy atom. The van der Waals surface area contributed by atoms with Crippen LogP contribution in [0.5, 0.6) is 0 Å². The monoisotopic (exact) mass is 438 g/mol. The van der Waals surface area contributed by atoms with Gasteiger partial charge in [-0.25, -0.2) is 4.68 Å². The van der Waals surface area contributed by atoms with Gasteiger partial charge >= 0.3 is 0 Å². The zero-order valence-corrected chi connectivity index (χ0v) is 18.2. The molecule has 0 fully saturated rings. The van der Waals surface area contributed by atoms with Crippen LogP contribution >= 0.6 is 0 Å². The van der Waals surface area contributed by atoms with Crippen molar-refractivity contribution in [2.24, 2.45) is 5.73 Å². The second-order valence-corrected chi connectivity index (χ2v) is 7.68. The lowest BCUT2D eigenvalue weighted by molar-refractivity contribution is 0.0992. The number of ketones is 1. The van der Waals surface area contributed by atoms with Gasteiger partial charge in [-0.2, -0.15) is 5.10 Å². The fourth-order valence-electron chi connectivity index (χ4n) is 3.41. The first kappa shape index (κ1) is 21.7. The minimum Gasteiger partial charge on any atom is -0.364 e. The highest BCUT2D eigenvalue weighted by molar-refractivity contribution is 6.17. The molecule has 0 aliphatic heterocycles. The molecule has 2 amide bonds. The van der Waals surface area contributed by atoms with Gasteiger partial charge in [-0.05, 0) is 67.4 Å². The number of nitrogens with zero attached hydrogens (tertiary/aromatic N) is 2. The van der Waals surface area contributed by atoms with E-state index in [1.54, 1.807) is 60.8 Å². The summed E-state index contributed by atoms with van der Waals surface area (Å²) in [7, 11) is 0. The molecule has 0 radical (unpaired) electrons. The molecule has 4 rings (SSSR count). The summed E-state index contributed by atoms with van der Waals surface area (Å²) in [6, 6.07) is 20.7. The van der Waals surface area contributed by atoms with Gasteiger partial charge in [-0.1, -0.05) is 30.3 Å². The molecule has 0 atom stereocenters. The summed E-state index contributed by atoms with van der Waals surface area (Å²) in [5, 5.41) is 6.94. The molecule has 0 aliphatic carbocycles. The predicted molar refractivity (Wildman–Crippen MR) is 126 cm³/mol. The molecule has 0 aliphatic rings. The van der Waals surface area contributed by atoms with E-state index < -0.39 is 5.91 Å². The largest absolute Gasteiger partial charge is 0.364 e. The molecule has 3 aromatic carbocycles. The molecule has 33 heavy (non-hydrogen) atoms. The molecule has 1 aromatic heterocycles. The zero-order chi connectivity index (χ0) is 23.5. The van der Waals surface area contributed by atoms with Crippen LogP contribution in [0, 0.1) is 13.8 Å². The second-order valence-electron chi connectivity index (χ2n) is 7.68.